The molecule has 1 aliphatic heterocycles. The van der Waals surface area contributed by atoms with E-state index < -0.39 is 15.9 Å². The molecule has 1 unspecified atom stereocenters. The maximum Gasteiger partial charge on any atom is 0.239 e. The summed E-state index contributed by atoms with van der Waals surface area (Å²) in [7, 11) is -2.96. The Morgan fingerprint density at radius 3 is 2.40 bits per heavy atom. The Hall–Kier alpha value is -1.40. The summed E-state index contributed by atoms with van der Waals surface area (Å²) >= 11 is 0. The van der Waals surface area contributed by atoms with Gasteiger partial charge >= 0.3 is 0 Å². The van der Waals surface area contributed by atoms with Gasteiger partial charge in [0.15, 0.2) is 9.84 Å². The van der Waals surface area contributed by atoms with Crippen LogP contribution in [0.3, 0.4) is 0 Å². The van der Waals surface area contributed by atoms with Crippen LogP contribution in [-0.4, -0.2) is 49.9 Å². The van der Waals surface area contributed by atoms with E-state index in [4.69, 9.17) is 5.73 Å². The normalized spacial score (nSPS) is 19.6. The standard InChI is InChI=1S/C14H20N2O3S/c15-13(7-6-12-4-2-1-3-5-12)14(17)16-8-10-20(18,19)11-9-16/h1-5,13H,6-11,15H2. The minimum Gasteiger partial charge on any atom is -0.339 e. The number of carbonyl (C=O) groups is 1. The molecule has 0 bridgehead atoms. The molecule has 2 N–H and O–H groups in total. The number of hydrogen-bond acceptors (Lipinski definition) is 4. The lowest BCUT2D eigenvalue weighted by molar-refractivity contribution is -0.132. The van der Waals surface area contributed by atoms with Crippen LogP contribution in [0.15, 0.2) is 30.3 Å². The second-order valence-corrected chi connectivity index (χ2v) is 7.41. The van der Waals surface area contributed by atoms with Crippen LogP contribution < -0.4 is 5.73 Å². The minimum absolute atomic E-state index is 0.0458. The highest BCUT2D eigenvalue weighted by Gasteiger charge is 2.27. The molecule has 0 radical (unpaired) electrons. The molecule has 0 aliphatic carbocycles. The zero-order chi connectivity index (χ0) is 14.6. The van der Waals surface area contributed by atoms with Gasteiger partial charge in [-0.3, -0.25) is 4.79 Å². The Kier molecular flexibility index (Phi) is 4.77. The molecular formula is C14H20N2O3S. The highest BCUT2D eigenvalue weighted by atomic mass is 32.2. The third-order valence-corrected chi connectivity index (χ3v) is 5.17. The topological polar surface area (TPSA) is 80.5 Å². The second-order valence-electron chi connectivity index (χ2n) is 5.11. The van der Waals surface area contributed by atoms with Crippen LogP contribution in [0.25, 0.3) is 0 Å². The summed E-state index contributed by atoms with van der Waals surface area (Å²) in [5, 5.41) is 0. The van der Waals surface area contributed by atoms with Gasteiger partial charge in [0, 0.05) is 13.1 Å². The van der Waals surface area contributed by atoms with Gasteiger partial charge in [-0.05, 0) is 18.4 Å². The van der Waals surface area contributed by atoms with E-state index in [0.29, 0.717) is 6.42 Å². The lowest BCUT2D eigenvalue weighted by atomic mass is 10.0. The van der Waals surface area contributed by atoms with Gasteiger partial charge in [0.25, 0.3) is 0 Å². The maximum atomic E-state index is 12.1. The summed E-state index contributed by atoms with van der Waals surface area (Å²) in [4.78, 5) is 13.7. The van der Waals surface area contributed by atoms with E-state index in [2.05, 4.69) is 0 Å². The molecule has 1 saturated heterocycles. The first-order valence-electron chi connectivity index (χ1n) is 6.77. The lowest BCUT2D eigenvalue weighted by Crippen LogP contribution is -2.50. The van der Waals surface area contributed by atoms with Crippen molar-refractivity contribution >= 4 is 15.7 Å². The van der Waals surface area contributed by atoms with Crippen LogP contribution >= 0.6 is 0 Å². The molecule has 110 valence electrons. The predicted octanol–water partition coefficient (Wildman–Crippen LogP) is 0.204. The molecule has 1 aromatic rings. The number of carbonyl (C=O) groups excluding carboxylic acids is 1. The van der Waals surface area contributed by atoms with E-state index in [1.165, 1.54) is 0 Å². The maximum absolute atomic E-state index is 12.1. The number of hydrogen-bond donors (Lipinski definition) is 1. The van der Waals surface area contributed by atoms with Crippen molar-refractivity contribution in [2.45, 2.75) is 18.9 Å². The largest absolute Gasteiger partial charge is 0.339 e. The van der Waals surface area contributed by atoms with Gasteiger partial charge in [0.05, 0.1) is 17.5 Å². The zero-order valence-electron chi connectivity index (χ0n) is 11.4. The number of aryl methyl sites for hydroxylation is 1. The van der Waals surface area contributed by atoms with Crippen molar-refractivity contribution in [3.05, 3.63) is 35.9 Å². The van der Waals surface area contributed by atoms with Crippen LogP contribution in [-0.2, 0) is 21.1 Å². The van der Waals surface area contributed by atoms with Gasteiger partial charge in [-0.1, -0.05) is 30.3 Å². The van der Waals surface area contributed by atoms with E-state index in [0.717, 1.165) is 12.0 Å². The lowest BCUT2D eigenvalue weighted by Gasteiger charge is -2.29. The summed E-state index contributed by atoms with van der Waals surface area (Å²) < 4.78 is 22.7. The fourth-order valence-corrected chi connectivity index (χ4v) is 3.46. The van der Waals surface area contributed by atoms with Crippen LogP contribution in [0.2, 0.25) is 0 Å². The molecule has 0 saturated carbocycles. The second kappa shape index (κ2) is 6.37. The average molecular weight is 296 g/mol. The van der Waals surface area contributed by atoms with Crippen molar-refractivity contribution in [2.24, 2.45) is 5.73 Å². The van der Waals surface area contributed by atoms with Crippen molar-refractivity contribution in [3.8, 4) is 0 Å². The van der Waals surface area contributed by atoms with Crippen LogP contribution in [0.4, 0.5) is 0 Å². The van der Waals surface area contributed by atoms with E-state index in [1.807, 2.05) is 30.3 Å². The molecule has 1 aliphatic rings. The molecule has 1 amide bonds. The fraction of sp³-hybridized carbons (Fsp3) is 0.500. The summed E-state index contributed by atoms with van der Waals surface area (Å²) in [5.41, 5.74) is 7.07. The van der Waals surface area contributed by atoms with Gasteiger partial charge in [-0.25, -0.2) is 8.42 Å². The zero-order valence-corrected chi connectivity index (χ0v) is 12.2. The summed E-state index contributed by atoms with van der Waals surface area (Å²) in [5.74, 6) is -0.0512. The Bertz CT molecular complexity index is 543. The number of nitrogens with zero attached hydrogens (tertiary/aromatic N) is 1. The van der Waals surface area contributed by atoms with Crippen molar-refractivity contribution in [3.63, 3.8) is 0 Å². The molecule has 1 heterocycles. The van der Waals surface area contributed by atoms with Crippen molar-refractivity contribution < 1.29 is 13.2 Å². The highest BCUT2D eigenvalue weighted by molar-refractivity contribution is 7.91. The minimum atomic E-state index is -2.96. The number of amides is 1. The number of rotatable bonds is 4. The van der Waals surface area contributed by atoms with E-state index >= 15 is 0 Å². The monoisotopic (exact) mass is 296 g/mol. The fourth-order valence-electron chi connectivity index (χ4n) is 2.26. The molecule has 0 aromatic heterocycles. The Morgan fingerprint density at radius 2 is 1.80 bits per heavy atom. The third kappa shape index (κ3) is 4.05. The Balaban J connectivity index is 1.83. The smallest absolute Gasteiger partial charge is 0.239 e. The van der Waals surface area contributed by atoms with Crippen molar-refractivity contribution in [1.82, 2.24) is 4.90 Å². The quantitative estimate of drug-likeness (QED) is 0.861. The first kappa shape index (κ1) is 15.0. The first-order chi connectivity index (χ1) is 9.48. The molecule has 1 fully saturated rings. The Labute approximate surface area is 119 Å². The summed E-state index contributed by atoms with van der Waals surface area (Å²) in [6, 6.07) is 9.31. The molecule has 6 heteroatoms. The summed E-state index contributed by atoms with van der Waals surface area (Å²) in [6.07, 6.45) is 1.33. The molecule has 1 atom stereocenters. The van der Waals surface area contributed by atoms with Crippen LogP contribution in [0.1, 0.15) is 12.0 Å². The van der Waals surface area contributed by atoms with Crippen molar-refractivity contribution in [2.75, 3.05) is 24.6 Å². The van der Waals surface area contributed by atoms with E-state index in [9.17, 15) is 13.2 Å². The predicted molar refractivity (Wildman–Crippen MR) is 78.0 cm³/mol. The first-order valence-corrected chi connectivity index (χ1v) is 8.59. The molecular weight excluding hydrogens is 276 g/mol. The Morgan fingerprint density at radius 1 is 1.20 bits per heavy atom. The molecule has 20 heavy (non-hydrogen) atoms. The number of benzene rings is 1. The van der Waals surface area contributed by atoms with Gasteiger partial charge < -0.3 is 10.6 Å². The number of nitrogens with two attached hydrogens (primary N) is 1. The summed E-state index contributed by atoms with van der Waals surface area (Å²) in [6.45, 7) is 0.528. The van der Waals surface area contributed by atoms with Gasteiger partial charge in [-0.15, -0.1) is 0 Å². The van der Waals surface area contributed by atoms with E-state index in [-0.39, 0.29) is 30.5 Å². The highest BCUT2D eigenvalue weighted by Crippen LogP contribution is 2.09. The number of sulfone groups is 1. The average Bonchev–Trinajstić information content (AvgIpc) is 2.45. The van der Waals surface area contributed by atoms with Gasteiger partial charge in [0.2, 0.25) is 5.91 Å². The van der Waals surface area contributed by atoms with Gasteiger partial charge in [-0.2, -0.15) is 0 Å². The van der Waals surface area contributed by atoms with E-state index in [1.54, 1.807) is 4.90 Å². The SMILES string of the molecule is NC(CCc1ccccc1)C(=O)N1CCS(=O)(=O)CC1. The molecule has 2 rings (SSSR count). The van der Waals surface area contributed by atoms with Crippen LogP contribution in [0.5, 0.6) is 0 Å². The van der Waals surface area contributed by atoms with Crippen LogP contribution in [0, 0.1) is 0 Å². The van der Waals surface area contributed by atoms with Gasteiger partial charge in [0.1, 0.15) is 0 Å². The third-order valence-electron chi connectivity index (χ3n) is 3.56. The molecule has 0 spiro atoms. The molecule has 1 aromatic carbocycles. The molecule has 5 nitrogen and oxygen atoms in total. The van der Waals surface area contributed by atoms with Crippen molar-refractivity contribution in [1.29, 1.82) is 0 Å².